The third-order valence-electron chi connectivity index (χ3n) is 3.22. The first-order valence-corrected chi connectivity index (χ1v) is 5.98. The summed E-state index contributed by atoms with van der Waals surface area (Å²) < 4.78 is 7.27. The number of hydrogen-bond donors (Lipinski definition) is 0. The number of nitrogens with zero attached hydrogens (tertiary/aromatic N) is 2. The zero-order chi connectivity index (χ0) is 12.5. The van der Waals surface area contributed by atoms with Gasteiger partial charge in [-0.05, 0) is 17.5 Å². The third-order valence-corrected chi connectivity index (χ3v) is 3.22. The molecule has 1 aliphatic rings. The largest absolute Gasteiger partial charge is 0.365 e. The van der Waals surface area contributed by atoms with Crippen molar-refractivity contribution in [3.8, 4) is 0 Å². The number of carbonyl (C=O) groups excluding carboxylic acids is 1. The molecule has 0 amide bonds. The summed E-state index contributed by atoms with van der Waals surface area (Å²) in [5, 5.41) is 4.03. The maximum atomic E-state index is 12.4. The lowest BCUT2D eigenvalue weighted by Gasteiger charge is -2.24. The number of Topliss-reactive ketones (excluding diaryl/α,β-unsaturated/α-hetero) is 1. The molecular formula is C14H14N2O2. The van der Waals surface area contributed by atoms with Gasteiger partial charge in [0.2, 0.25) is 0 Å². The molecule has 3 rings (SSSR count). The van der Waals surface area contributed by atoms with Crippen molar-refractivity contribution in [2.75, 3.05) is 6.61 Å². The first kappa shape index (κ1) is 11.2. The number of fused-ring (bicyclic) bond motifs is 1. The summed E-state index contributed by atoms with van der Waals surface area (Å²) in [6.45, 7) is 0.591. The maximum absolute atomic E-state index is 12.4. The van der Waals surface area contributed by atoms with Crippen LogP contribution in [0, 0.1) is 0 Å². The summed E-state index contributed by atoms with van der Waals surface area (Å²) in [7, 11) is 1.80. The van der Waals surface area contributed by atoms with E-state index in [0.29, 0.717) is 12.2 Å². The summed E-state index contributed by atoms with van der Waals surface area (Å²) >= 11 is 0. The average molecular weight is 242 g/mol. The summed E-state index contributed by atoms with van der Waals surface area (Å²) in [4.78, 5) is 12.4. The third kappa shape index (κ3) is 1.84. The van der Waals surface area contributed by atoms with Crippen LogP contribution in [0.15, 0.2) is 36.7 Å². The second kappa shape index (κ2) is 4.38. The van der Waals surface area contributed by atoms with Crippen molar-refractivity contribution in [2.45, 2.75) is 12.5 Å². The Balaban J connectivity index is 1.96. The summed E-state index contributed by atoms with van der Waals surface area (Å²) in [6.07, 6.45) is 3.69. The van der Waals surface area contributed by atoms with Crippen molar-refractivity contribution in [2.24, 2.45) is 7.05 Å². The van der Waals surface area contributed by atoms with Crippen LogP contribution in [0.1, 0.15) is 27.6 Å². The Bertz CT molecular complexity index is 589. The van der Waals surface area contributed by atoms with Crippen LogP contribution in [0.3, 0.4) is 0 Å². The van der Waals surface area contributed by atoms with Gasteiger partial charge in [-0.25, -0.2) is 0 Å². The fraction of sp³-hybridized carbons (Fsp3) is 0.286. The minimum atomic E-state index is -0.487. The first-order chi connectivity index (χ1) is 8.75. The summed E-state index contributed by atoms with van der Waals surface area (Å²) in [5.41, 5.74) is 2.78. The van der Waals surface area contributed by atoms with Gasteiger partial charge in [0.15, 0.2) is 5.78 Å². The number of ether oxygens (including phenoxy) is 1. The number of carbonyl (C=O) groups is 1. The topological polar surface area (TPSA) is 44.1 Å². The lowest BCUT2D eigenvalue weighted by atomic mass is 9.93. The minimum Gasteiger partial charge on any atom is -0.365 e. The van der Waals surface area contributed by atoms with Gasteiger partial charge in [0.05, 0.1) is 18.4 Å². The molecular weight excluding hydrogens is 228 g/mol. The Morgan fingerprint density at radius 3 is 3.06 bits per heavy atom. The Morgan fingerprint density at radius 1 is 1.44 bits per heavy atom. The molecule has 0 spiro atoms. The van der Waals surface area contributed by atoms with Gasteiger partial charge in [0, 0.05) is 13.2 Å². The van der Waals surface area contributed by atoms with Gasteiger partial charge < -0.3 is 4.74 Å². The normalized spacial score (nSPS) is 18.4. The van der Waals surface area contributed by atoms with Crippen LogP contribution in [0.5, 0.6) is 0 Å². The second-order valence-electron chi connectivity index (χ2n) is 4.47. The first-order valence-electron chi connectivity index (χ1n) is 5.98. The highest BCUT2D eigenvalue weighted by atomic mass is 16.5. The lowest BCUT2D eigenvalue weighted by molar-refractivity contribution is 0.0349. The van der Waals surface area contributed by atoms with E-state index >= 15 is 0 Å². The molecule has 1 unspecified atom stereocenters. The van der Waals surface area contributed by atoms with Gasteiger partial charge in [-0.15, -0.1) is 0 Å². The highest BCUT2D eigenvalue weighted by Gasteiger charge is 2.28. The zero-order valence-electron chi connectivity index (χ0n) is 10.2. The summed E-state index contributed by atoms with van der Waals surface area (Å²) in [5.74, 6) is -0.0183. The Labute approximate surface area is 105 Å². The van der Waals surface area contributed by atoms with Crippen molar-refractivity contribution in [1.82, 2.24) is 9.78 Å². The SMILES string of the molecule is Cn1cc(C(=O)C2OCCc3ccccc32)cn1. The van der Waals surface area contributed by atoms with Crippen LogP contribution < -0.4 is 0 Å². The molecule has 4 nitrogen and oxygen atoms in total. The van der Waals surface area contributed by atoms with E-state index < -0.39 is 6.10 Å². The van der Waals surface area contributed by atoms with Crippen LogP contribution in [0.4, 0.5) is 0 Å². The highest BCUT2D eigenvalue weighted by molar-refractivity contribution is 6.00. The molecule has 18 heavy (non-hydrogen) atoms. The standard InChI is InChI=1S/C14H14N2O2/c1-16-9-11(8-15-16)13(17)14-12-5-3-2-4-10(12)6-7-18-14/h2-5,8-9,14H,6-7H2,1H3. The number of aryl methyl sites for hydroxylation is 1. The summed E-state index contributed by atoms with van der Waals surface area (Å²) in [6, 6.07) is 7.96. The number of rotatable bonds is 2. The molecule has 1 atom stereocenters. The number of hydrogen-bond acceptors (Lipinski definition) is 3. The fourth-order valence-electron chi connectivity index (χ4n) is 2.31. The van der Waals surface area contributed by atoms with E-state index in [1.165, 1.54) is 5.56 Å². The zero-order valence-corrected chi connectivity index (χ0v) is 10.2. The maximum Gasteiger partial charge on any atom is 0.199 e. The van der Waals surface area contributed by atoms with Gasteiger partial charge in [0.1, 0.15) is 6.10 Å². The molecule has 2 heterocycles. The molecule has 1 aromatic heterocycles. The van der Waals surface area contributed by atoms with Crippen molar-refractivity contribution < 1.29 is 9.53 Å². The van der Waals surface area contributed by atoms with E-state index in [-0.39, 0.29) is 5.78 Å². The molecule has 0 N–H and O–H groups in total. The van der Waals surface area contributed by atoms with Crippen molar-refractivity contribution >= 4 is 5.78 Å². The van der Waals surface area contributed by atoms with E-state index in [0.717, 1.165) is 12.0 Å². The van der Waals surface area contributed by atoms with Crippen molar-refractivity contribution in [1.29, 1.82) is 0 Å². The molecule has 1 aliphatic heterocycles. The van der Waals surface area contributed by atoms with E-state index in [4.69, 9.17) is 4.74 Å². The Kier molecular flexibility index (Phi) is 2.72. The van der Waals surface area contributed by atoms with Crippen LogP contribution in [-0.4, -0.2) is 22.2 Å². The molecule has 92 valence electrons. The van der Waals surface area contributed by atoms with Crippen molar-refractivity contribution in [3.63, 3.8) is 0 Å². The molecule has 0 aliphatic carbocycles. The van der Waals surface area contributed by atoms with E-state index in [9.17, 15) is 4.79 Å². The molecule has 1 aromatic carbocycles. The van der Waals surface area contributed by atoms with E-state index in [1.54, 1.807) is 24.1 Å². The average Bonchev–Trinajstić information content (AvgIpc) is 2.84. The van der Waals surface area contributed by atoms with Gasteiger partial charge in [0.25, 0.3) is 0 Å². The smallest absolute Gasteiger partial charge is 0.199 e. The Morgan fingerprint density at radius 2 is 2.28 bits per heavy atom. The lowest BCUT2D eigenvalue weighted by Crippen LogP contribution is -2.23. The van der Waals surface area contributed by atoms with Gasteiger partial charge in [-0.1, -0.05) is 24.3 Å². The van der Waals surface area contributed by atoms with Gasteiger partial charge in [-0.2, -0.15) is 5.10 Å². The molecule has 0 radical (unpaired) electrons. The number of aromatic nitrogens is 2. The molecule has 0 saturated carbocycles. The highest BCUT2D eigenvalue weighted by Crippen LogP contribution is 2.29. The Hall–Kier alpha value is -1.94. The van der Waals surface area contributed by atoms with Crippen LogP contribution >= 0.6 is 0 Å². The van der Waals surface area contributed by atoms with E-state index in [1.807, 2.05) is 18.2 Å². The number of ketones is 1. The monoisotopic (exact) mass is 242 g/mol. The fourth-order valence-corrected chi connectivity index (χ4v) is 2.31. The minimum absolute atomic E-state index is 0.0183. The van der Waals surface area contributed by atoms with Crippen LogP contribution in [0.25, 0.3) is 0 Å². The van der Waals surface area contributed by atoms with Crippen LogP contribution in [-0.2, 0) is 18.2 Å². The van der Waals surface area contributed by atoms with Gasteiger partial charge in [-0.3, -0.25) is 9.48 Å². The van der Waals surface area contributed by atoms with Crippen molar-refractivity contribution in [3.05, 3.63) is 53.3 Å². The molecule has 0 fully saturated rings. The molecule has 2 aromatic rings. The predicted octanol–water partition coefficient (Wildman–Crippen LogP) is 1.92. The van der Waals surface area contributed by atoms with E-state index in [2.05, 4.69) is 11.2 Å². The second-order valence-corrected chi connectivity index (χ2v) is 4.47. The molecule has 0 saturated heterocycles. The quantitative estimate of drug-likeness (QED) is 0.756. The van der Waals surface area contributed by atoms with Gasteiger partial charge >= 0.3 is 0 Å². The van der Waals surface area contributed by atoms with Crippen LogP contribution in [0.2, 0.25) is 0 Å². The molecule has 0 bridgehead atoms. The number of benzene rings is 1. The molecule has 4 heteroatoms. The predicted molar refractivity (Wildman–Crippen MR) is 66.4 cm³/mol.